The molecule has 0 radical (unpaired) electrons. The number of nitrogens with one attached hydrogen (secondary N) is 1. The zero-order valence-electron chi connectivity index (χ0n) is 15.4. The SMILES string of the molecule is Cc1ccc(C(=O)Nc2c(C)nn(Cc3cccc(Cl)c3)c2C)cc1C. The number of amides is 1. The molecule has 0 fully saturated rings. The van der Waals surface area contributed by atoms with Crippen LogP contribution < -0.4 is 5.32 Å². The maximum atomic E-state index is 12.6. The highest BCUT2D eigenvalue weighted by Crippen LogP contribution is 2.22. The maximum Gasteiger partial charge on any atom is 0.255 e. The molecular formula is C21H22ClN3O. The third-order valence-corrected chi connectivity index (χ3v) is 4.85. The molecule has 0 saturated heterocycles. The van der Waals surface area contributed by atoms with Gasteiger partial charge < -0.3 is 5.32 Å². The fraction of sp³-hybridized carbons (Fsp3) is 0.238. The van der Waals surface area contributed by atoms with E-state index in [0.717, 1.165) is 28.2 Å². The van der Waals surface area contributed by atoms with E-state index in [4.69, 9.17) is 11.6 Å². The molecule has 0 spiro atoms. The number of carbonyl (C=O) groups excluding carboxylic acids is 1. The first-order valence-corrected chi connectivity index (χ1v) is 8.90. The smallest absolute Gasteiger partial charge is 0.255 e. The molecule has 3 aromatic rings. The van der Waals surface area contributed by atoms with Crippen molar-refractivity contribution < 1.29 is 4.79 Å². The number of carbonyl (C=O) groups is 1. The highest BCUT2D eigenvalue weighted by Gasteiger charge is 2.16. The second-order valence-corrected chi connectivity index (χ2v) is 7.02. The summed E-state index contributed by atoms with van der Waals surface area (Å²) < 4.78 is 1.89. The van der Waals surface area contributed by atoms with Gasteiger partial charge in [-0.1, -0.05) is 29.8 Å². The number of hydrogen-bond acceptors (Lipinski definition) is 2. The van der Waals surface area contributed by atoms with Gasteiger partial charge in [-0.15, -0.1) is 0 Å². The second kappa shape index (κ2) is 7.34. The Morgan fingerprint density at radius 1 is 1.08 bits per heavy atom. The molecule has 0 aliphatic rings. The Bertz CT molecular complexity index is 975. The van der Waals surface area contributed by atoms with E-state index in [-0.39, 0.29) is 5.91 Å². The Hall–Kier alpha value is -2.59. The second-order valence-electron chi connectivity index (χ2n) is 6.59. The monoisotopic (exact) mass is 367 g/mol. The number of hydrogen-bond donors (Lipinski definition) is 1. The molecule has 1 N–H and O–H groups in total. The van der Waals surface area contributed by atoms with Crippen LogP contribution >= 0.6 is 11.6 Å². The Morgan fingerprint density at radius 3 is 2.54 bits per heavy atom. The summed E-state index contributed by atoms with van der Waals surface area (Å²) in [5, 5.41) is 8.28. The van der Waals surface area contributed by atoms with E-state index in [1.54, 1.807) is 0 Å². The fourth-order valence-electron chi connectivity index (χ4n) is 2.91. The summed E-state index contributed by atoms with van der Waals surface area (Å²) in [5.41, 5.74) is 6.45. The van der Waals surface area contributed by atoms with Crippen molar-refractivity contribution in [2.75, 3.05) is 5.32 Å². The summed E-state index contributed by atoms with van der Waals surface area (Å²) in [6.45, 7) is 8.50. The van der Waals surface area contributed by atoms with Crippen molar-refractivity contribution in [1.29, 1.82) is 0 Å². The molecule has 0 atom stereocenters. The first-order chi connectivity index (χ1) is 12.3. The zero-order valence-corrected chi connectivity index (χ0v) is 16.2. The first kappa shape index (κ1) is 18.2. The van der Waals surface area contributed by atoms with Crippen LogP contribution in [0.5, 0.6) is 0 Å². The van der Waals surface area contributed by atoms with Crippen LogP contribution in [-0.2, 0) is 6.54 Å². The summed E-state index contributed by atoms with van der Waals surface area (Å²) in [6.07, 6.45) is 0. The lowest BCUT2D eigenvalue weighted by molar-refractivity contribution is 0.102. The maximum absolute atomic E-state index is 12.6. The van der Waals surface area contributed by atoms with Gasteiger partial charge in [0.15, 0.2) is 0 Å². The van der Waals surface area contributed by atoms with Crippen molar-refractivity contribution in [3.8, 4) is 0 Å². The van der Waals surface area contributed by atoms with Crippen molar-refractivity contribution in [2.45, 2.75) is 34.2 Å². The van der Waals surface area contributed by atoms with E-state index in [2.05, 4.69) is 10.4 Å². The largest absolute Gasteiger partial charge is 0.319 e. The Morgan fingerprint density at radius 2 is 1.85 bits per heavy atom. The molecule has 0 saturated carbocycles. The first-order valence-electron chi connectivity index (χ1n) is 8.52. The third kappa shape index (κ3) is 3.81. The van der Waals surface area contributed by atoms with Crippen molar-refractivity contribution >= 4 is 23.2 Å². The van der Waals surface area contributed by atoms with Crippen LogP contribution in [0, 0.1) is 27.7 Å². The van der Waals surface area contributed by atoms with E-state index in [1.807, 2.05) is 74.8 Å². The van der Waals surface area contributed by atoms with Crippen LogP contribution in [0.4, 0.5) is 5.69 Å². The summed E-state index contributed by atoms with van der Waals surface area (Å²) in [4.78, 5) is 12.6. The molecule has 0 unspecified atom stereocenters. The van der Waals surface area contributed by atoms with Crippen molar-refractivity contribution in [2.24, 2.45) is 0 Å². The van der Waals surface area contributed by atoms with Crippen LogP contribution in [-0.4, -0.2) is 15.7 Å². The molecule has 0 aliphatic carbocycles. The van der Waals surface area contributed by atoms with Gasteiger partial charge in [0.1, 0.15) is 0 Å². The normalized spacial score (nSPS) is 10.8. The predicted octanol–water partition coefficient (Wildman–Crippen LogP) is 5.07. The number of halogens is 1. The minimum atomic E-state index is -0.124. The highest BCUT2D eigenvalue weighted by molar-refractivity contribution is 6.30. The molecule has 1 amide bonds. The number of nitrogens with zero attached hydrogens (tertiary/aromatic N) is 2. The number of aryl methyl sites for hydroxylation is 3. The molecular weight excluding hydrogens is 346 g/mol. The van der Waals surface area contributed by atoms with Gasteiger partial charge in [-0.3, -0.25) is 9.48 Å². The Balaban J connectivity index is 1.83. The van der Waals surface area contributed by atoms with Gasteiger partial charge in [0.2, 0.25) is 0 Å². The standard InChI is InChI=1S/C21H22ClN3O/c1-13-8-9-18(10-14(13)2)21(26)23-20-15(3)24-25(16(20)4)12-17-6-5-7-19(22)11-17/h5-11H,12H2,1-4H3,(H,23,26). The van der Waals surface area contributed by atoms with Crippen molar-refractivity contribution in [3.05, 3.63) is 81.1 Å². The van der Waals surface area contributed by atoms with Gasteiger partial charge in [0.25, 0.3) is 5.91 Å². The van der Waals surface area contributed by atoms with Crippen LogP contribution in [0.25, 0.3) is 0 Å². The lowest BCUT2D eigenvalue weighted by Gasteiger charge is -2.09. The van der Waals surface area contributed by atoms with Gasteiger partial charge in [-0.25, -0.2) is 0 Å². The van der Waals surface area contributed by atoms with Gasteiger partial charge >= 0.3 is 0 Å². The highest BCUT2D eigenvalue weighted by atomic mass is 35.5. The number of anilines is 1. The number of aromatic nitrogens is 2. The fourth-order valence-corrected chi connectivity index (χ4v) is 3.12. The van der Waals surface area contributed by atoms with E-state index in [1.165, 1.54) is 5.56 Å². The average molecular weight is 368 g/mol. The topological polar surface area (TPSA) is 46.9 Å². The van der Waals surface area contributed by atoms with E-state index in [0.29, 0.717) is 17.1 Å². The molecule has 134 valence electrons. The summed E-state index contributed by atoms with van der Waals surface area (Å²) in [7, 11) is 0. The lowest BCUT2D eigenvalue weighted by Crippen LogP contribution is -2.13. The van der Waals surface area contributed by atoms with Crippen LogP contribution in [0.1, 0.15) is 38.4 Å². The van der Waals surface area contributed by atoms with Crippen molar-refractivity contribution in [3.63, 3.8) is 0 Å². The van der Waals surface area contributed by atoms with E-state index >= 15 is 0 Å². The quantitative estimate of drug-likeness (QED) is 0.699. The molecule has 26 heavy (non-hydrogen) atoms. The number of rotatable bonds is 4. The Labute approximate surface area is 158 Å². The van der Waals surface area contributed by atoms with E-state index < -0.39 is 0 Å². The summed E-state index contributed by atoms with van der Waals surface area (Å²) >= 11 is 6.06. The molecule has 1 heterocycles. The molecule has 3 rings (SSSR count). The van der Waals surface area contributed by atoms with Crippen molar-refractivity contribution in [1.82, 2.24) is 9.78 Å². The predicted molar refractivity (Wildman–Crippen MR) is 106 cm³/mol. The third-order valence-electron chi connectivity index (χ3n) is 4.61. The molecule has 1 aromatic heterocycles. The molecule has 2 aromatic carbocycles. The molecule has 0 aliphatic heterocycles. The molecule has 4 nitrogen and oxygen atoms in total. The van der Waals surface area contributed by atoms with Crippen LogP contribution in [0.15, 0.2) is 42.5 Å². The minimum absolute atomic E-state index is 0.124. The summed E-state index contributed by atoms with van der Waals surface area (Å²) in [6, 6.07) is 13.4. The lowest BCUT2D eigenvalue weighted by atomic mass is 10.1. The Kier molecular flexibility index (Phi) is 5.14. The summed E-state index contributed by atoms with van der Waals surface area (Å²) in [5.74, 6) is -0.124. The molecule has 0 bridgehead atoms. The molecule has 5 heteroatoms. The van der Waals surface area contributed by atoms with Gasteiger partial charge in [-0.2, -0.15) is 5.10 Å². The zero-order chi connectivity index (χ0) is 18.8. The van der Waals surface area contributed by atoms with E-state index in [9.17, 15) is 4.79 Å². The van der Waals surface area contributed by atoms with Gasteiger partial charge in [0.05, 0.1) is 23.6 Å². The van der Waals surface area contributed by atoms with Gasteiger partial charge in [0, 0.05) is 10.6 Å². The number of benzene rings is 2. The minimum Gasteiger partial charge on any atom is -0.319 e. The average Bonchev–Trinajstić information content (AvgIpc) is 2.85. The van der Waals surface area contributed by atoms with Gasteiger partial charge in [-0.05, 0) is 68.7 Å². The van der Waals surface area contributed by atoms with Crippen LogP contribution in [0.2, 0.25) is 5.02 Å². The van der Waals surface area contributed by atoms with Crippen LogP contribution in [0.3, 0.4) is 0 Å².